The van der Waals surface area contributed by atoms with Crippen molar-refractivity contribution in [1.29, 1.82) is 0 Å². The van der Waals surface area contributed by atoms with Gasteiger partial charge in [-0.1, -0.05) is 29.8 Å². The van der Waals surface area contributed by atoms with Crippen LogP contribution in [-0.2, 0) is 11.2 Å². The Morgan fingerprint density at radius 2 is 2.00 bits per heavy atom. The molecule has 0 atom stereocenters. The first-order valence-corrected chi connectivity index (χ1v) is 5.46. The van der Waals surface area contributed by atoms with E-state index in [1.54, 1.807) is 6.07 Å². The van der Waals surface area contributed by atoms with Crippen molar-refractivity contribution < 1.29 is 4.79 Å². The van der Waals surface area contributed by atoms with E-state index in [1.165, 1.54) is 0 Å². The molecule has 76 valence electrons. The summed E-state index contributed by atoms with van der Waals surface area (Å²) in [5.74, 6) is 0.729. The topological polar surface area (TPSA) is 17.1 Å². The molecule has 14 heavy (non-hydrogen) atoms. The summed E-state index contributed by atoms with van der Waals surface area (Å²) in [6.07, 6.45) is 1.69. The molecular weight excluding hydrogens is 219 g/mol. The molecule has 1 nitrogen and oxygen atoms in total. The Hall–Kier alpha value is -0.530. The third-order valence-electron chi connectivity index (χ3n) is 1.93. The van der Waals surface area contributed by atoms with Gasteiger partial charge in [-0.3, -0.25) is 4.79 Å². The molecule has 1 rings (SSSR count). The number of carbonyl (C=O) groups is 1. The van der Waals surface area contributed by atoms with Gasteiger partial charge < -0.3 is 0 Å². The smallest absolute Gasteiger partial charge is 0.137 e. The van der Waals surface area contributed by atoms with Crippen LogP contribution in [0.2, 0.25) is 5.02 Å². The highest BCUT2D eigenvalue weighted by atomic mass is 35.5. The third kappa shape index (κ3) is 3.69. The van der Waals surface area contributed by atoms with Crippen molar-refractivity contribution in [3.05, 3.63) is 34.9 Å². The molecule has 0 unspecified atom stereocenters. The van der Waals surface area contributed by atoms with Gasteiger partial charge in [0.05, 0.1) is 0 Å². The number of rotatable bonds is 5. The fourth-order valence-corrected chi connectivity index (χ4v) is 1.54. The van der Waals surface area contributed by atoms with E-state index in [-0.39, 0.29) is 5.78 Å². The van der Waals surface area contributed by atoms with Crippen LogP contribution < -0.4 is 0 Å². The zero-order valence-corrected chi connectivity index (χ0v) is 9.31. The van der Waals surface area contributed by atoms with Gasteiger partial charge in [-0.05, 0) is 18.1 Å². The van der Waals surface area contributed by atoms with E-state index in [1.807, 2.05) is 18.2 Å². The van der Waals surface area contributed by atoms with Crippen LogP contribution in [0.4, 0.5) is 0 Å². The van der Waals surface area contributed by atoms with Crippen LogP contribution in [0.25, 0.3) is 0 Å². The molecule has 0 amide bonds. The van der Waals surface area contributed by atoms with Gasteiger partial charge >= 0.3 is 0 Å². The lowest BCUT2D eigenvalue weighted by molar-refractivity contribution is -0.118. The number of benzene rings is 1. The molecule has 0 bridgehead atoms. The van der Waals surface area contributed by atoms with Crippen LogP contribution in [0.5, 0.6) is 0 Å². The van der Waals surface area contributed by atoms with E-state index in [9.17, 15) is 4.79 Å². The summed E-state index contributed by atoms with van der Waals surface area (Å²) in [5, 5.41) is 0.659. The van der Waals surface area contributed by atoms with Crippen molar-refractivity contribution in [1.82, 2.24) is 0 Å². The molecule has 0 aliphatic heterocycles. The van der Waals surface area contributed by atoms with Crippen LogP contribution in [0, 0.1) is 0 Å². The second-order valence-electron chi connectivity index (χ2n) is 3.10. The fourth-order valence-electron chi connectivity index (χ4n) is 1.21. The lowest BCUT2D eigenvalue weighted by Crippen LogP contribution is -2.03. The number of carbonyl (C=O) groups excluding carboxylic acids is 1. The molecule has 0 saturated heterocycles. The maximum atomic E-state index is 11.4. The summed E-state index contributed by atoms with van der Waals surface area (Å²) in [6, 6.07) is 7.41. The van der Waals surface area contributed by atoms with E-state index in [2.05, 4.69) is 0 Å². The number of alkyl halides is 1. The molecule has 0 aliphatic rings. The predicted molar refractivity (Wildman–Crippen MR) is 60.1 cm³/mol. The average Bonchev–Trinajstić information content (AvgIpc) is 2.18. The van der Waals surface area contributed by atoms with Gasteiger partial charge in [0.1, 0.15) is 5.78 Å². The maximum Gasteiger partial charge on any atom is 0.137 e. The third-order valence-corrected chi connectivity index (χ3v) is 2.57. The molecular formula is C11H12Cl2O. The highest BCUT2D eigenvalue weighted by molar-refractivity contribution is 6.31. The average molecular weight is 231 g/mol. The molecule has 0 heterocycles. The molecule has 3 heteroatoms. The minimum Gasteiger partial charge on any atom is -0.299 e. The van der Waals surface area contributed by atoms with Gasteiger partial charge in [-0.2, -0.15) is 0 Å². The van der Waals surface area contributed by atoms with Crippen LogP contribution in [0.3, 0.4) is 0 Å². The largest absolute Gasteiger partial charge is 0.299 e. The minimum absolute atomic E-state index is 0.193. The molecule has 0 N–H and O–H groups in total. The minimum atomic E-state index is 0.193. The van der Waals surface area contributed by atoms with Crippen LogP contribution in [-0.4, -0.2) is 11.7 Å². The Kier molecular flexibility index (Phi) is 4.99. The maximum absolute atomic E-state index is 11.4. The lowest BCUT2D eigenvalue weighted by Gasteiger charge is -2.02. The summed E-state index contributed by atoms with van der Waals surface area (Å²) in [7, 11) is 0. The highest BCUT2D eigenvalue weighted by Gasteiger charge is 2.05. The molecule has 1 aromatic rings. The van der Waals surface area contributed by atoms with Gasteiger partial charge in [0.2, 0.25) is 0 Å². The van der Waals surface area contributed by atoms with Crippen LogP contribution in [0.15, 0.2) is 24.3 Å². The van der Waals surface area contributed by atoms with E-state index < -0.39 is 0 Å². The van der Waals surface area contributed by atoms with Crippen molar-refractivity contribution in [2.45, 2.75) is 19.3 Å². The van der Waals surface area contributed by atoms with Gasteiger partial charge in [0.25, 0.3) is 0 Å². The summed E-state index contributed by atoms with van der Waals surface area (Å²) in [4.78, 5) is 11.4. The first-order chi connectivity index (χ1) is 6.74. The van der Waals surface area contributed by atoms with E-state index in [0.717, 1.165) is 12.0 Å². The standard InChI is InChI=1S/C11H12Cl2O/c12-7-3-5-10(14)8-9-4-1-2-6-11(9)13/h1-2,4,6H,3,5,7-8H2. The monoisotopic (exact) mass is 230 g/mol. The number of hydrogen-bond acceptors (Lipinski definition) is 1. The summed E-state index contributed by atoms with van der Waals surface area (Å²) < 4.78 is 0. The Morgan fingerprint density at radius 1 is 1.29 bits per heavy atom. The van der Waals surface area contributed by atoms with Gasteiger partial charge in [0, 0.05) is 23.7 Å². The SMILES string of the molecule is O=C(CCCCl)Cc1ccccc1Cl. The predicted octanol–water partition coefficient (Wildman–Crippen LogP) is 3.47. The van der Waals surface area contributed by atoms with Crippen molar-refractivity contribution in [3.8, 4) is 0 Å². The normalized spacial score (nSPS) is 10.1. The van der Waals surface area contributed by atoms with Crippen molar-refractivity contribution in [2.24, 2.45) is 0 Å². The van der Waals surface area contributed by atoms with Crippen LogP contribution >= 0.6 is 23.2 Å². The Bertz CT molecular complexity index is 310. The fraction of sp³-hybridized carbons (Fsp3) is 0.364. The zero-order valence-electron chi connectivity index (χ0n) is 7.80. The van der Waals surface area contributed by atoms with Gasteiger partial charge in [-0.25, -0.2) is 0 Å². The summed E-state index contributed by atoms with van der Waals surface area (Å²) in [6.45, 7) is 0. The van der Waals surface area contributed by atoms with Crippen molar-refractivity contribution in [2.75, 3.05) is 5.88 Å². The number of Topliss-reactive ketones (excluding diaryl/α,β-unsaturated/α-hetero) is 1. The lowest BCUT2D eigenvalue weighted by atomic mass is 10.1. The van der Waals surface area contributed by atoms with Gasteiger partial charge in [-0.15, -0.1) is 11.6 Å². The summed E-state index contributed by atoms with van der Waals surface area (Å²) in [5.41, 5.74) is 0.897. The molecule has 0 aliphatic carbocycles. The number of hydrogen-bond donors (Lipinski definition) is 0. The van der Waals surface area contributed by atoms with E-state index >= 15 is 0 Å². The van der Waals surface area contributed by atoms with Crippen LogP contribution in [0.1, 0.15) is 18.4 Å². The second kappa shape index (κ2) is 6.05. The number of ketones is 1. The Morgan fingerprint density at radius 3 is 2.64 bits per heavy atom. The first-order valence-electron chi connectivity index (χ1n) is 4.55. The molecule has 0 fully saturated rings. The second-order valence-corrected chi connectivity index (χ2v) is 3.88. The molecule has 0 spiro atoms. The Labute approximate surface area is 94.0 Å². The quantitative estimate of drug-likeness (QED) is 0.709. The molecule has 0 saturated carbocycles. The number of halogens is 2. The van der Waals surface area contributed by atoms with Crippen molar-refractivity contribution in [3.63, 3.8) is 0 Å². The molecule has 0 radical (unpaired) electrons. The zero-order chi connectivity index (χ0) is 10.4. The first kappa shape index (κ1) is 11.5. The Balaban J connectivity index is 2.52. The van der Waals surface area contributed by atoms with Crippen molar-refractivity contribution >= 4 is 29.0 Å². The van der Waals surface area contributed by atoms with Gasteiger partial charge in [0.15, 0.2) is 0 Å². The summed E-state index contributed by atoms with van der Waals surface area (Å²) >= 11 is 11.4. The van der Waals surface area contributed by atoms with E-state index in [0.29, 0.717) is 23.7 Å². The molecule has 0 aromatic heterocycles. The van der Waals surface area contributed by atoms with E-state index in [4.69, 9.17) is 23.2 Å². The highest BCUT2D eigenvalue weighted by Crippen LogP contribution is 2.16. The molecule has 1 aromatic carbocycles.